The van der Waals surface area contributed by atoms with Crippen molar-refractivity contribution < 1.29 is 38.4 Å². The van der Waals surface area contributed by atoms with E-state index in [-0.39, 0.29) is 29.0 Å². The first-order valence-corrected chi connectivity index (χ1v) is 12.9. The van der Waals surface area contributed by atoms with Crippen LogP contribution in [0.2, 0.25) is 0 Å². The monoisotopic (exact) mass is 504 g/mol. The fraction of sp³-hybridized carbons (Fsp3) is 0.750. The second-order valence-electron chi connectivity index (χ2n) is 11.8. The van der Waals surface area contributed by atoms with Crippen LogP contribution in [0.4, 0.5) is 0 Å². The van der Waals surface area contributed by atoms with Crippen LogP contribution in [0.25, 0.3) is 0 Å². The fourth-order valence-electron chi connectivity index (χ4n) is 7.12. The molecule has 0 aromatic heterocycles. The number of carbonyl (C=O) groups excluding carboxylic acids is 3. The molecular formula is C28H40O8. The topological polar surface area (TPSA) is 112 Å². The lowest BCUT2D eigenvalue weighted by Gasteiger charge is -2.30. The molecule has 4 aliphatic rings. The van der Waals surface area contributed by atoms with Gasteiger partial charge in [-0.15, -0.1) is 0 Å². The zero-order valence-electron chi connectivity index (χ0n) is 22.8. The zero-order chi connectivity index (χ0) is 27.0. The molecule has 8 nitrogen and oxygen atoms in total. The van der Waals surface area contributed by atoms with E-state index in [1.165, 1.54) is 6.92 Å². The number of hydrogen-bond donors (Lipinski definition) is 1. The van der Waals surface area contributed by atoms with Crippen LogP contribution >= 0.6 is 0 Å². The predicted octanol–water partition coefficient (Wildman–Crippen LogP) is 3.16. The third-order valence-corrected chi connectivity index (χ3v) is 9.28. The van der Waals surface area contributed by atoms with Gasteiger partial charge in [0.2, 0.25) is 0 Å². The van der Waals surface area contributed by atoms with Gasteiger partial charge in [-0.25, -0.2) is 4.79 Å². The SMILES string of the molecule is C/C=C(/C)C(=O)O[C@@H]1/C(C)=C/[C@@]23O[C@@]2(C[C@H](C)[C@@H]3O)C(=O)[C@H](C)[C@H](OC(C)=O)[C@@H]2[C@H]([C@@H]1OC)C2(C)C. The number of Topliss-reactive ketones (excluding diaryl/α,β-unsaturated/α-hetero) is 1. The Bertz CT molecular complexity index is 1030. The average Bonchev–Trinajstić information content (AvgIpc) is 3.60. The molecule has 1 N–H and O–H groups in total. The quantitative estimate of drug-likeness (QED) is 0.269. The van der Waals surface area contributed by atoms with Gasteiger partial charge in [0.1, 0.15) is 18.3 Å². The molecule has 0 spiro atoms. The molecule has 1 heterocycles. The summed E-state index contributed by atoms with van der Waals surface area (Å²) in [6.45, 7) is 14.4. The normalized spacial score (nSPS) is 46.8. The molecule has 0 aromatic carbocycles. The number of epoxide rings is 1. The zero-order valence-corrected chi connectivity index (χ0v) is 22.8. The third kappa shape index (κ3) is 3.71. The Balaban J connectivity index is 1.89. The minimum absolute atomic E-state index is 0.150. The number of hydrogen-bond acceptors (Lipinski definition) is 8. The summed E-state index contributed by atoms with van der Waals surface area (Å²) >= 11 is 0. The van der Waals surface area contributed by atoms with E-state index in [9.17, 15) is 19.5 Å². The van der Waals surface area contributed by atoms with E-state index in [4.69, 9.17) is 18.9 Å². The summed E-state index contributed by atoms with van der Waals surface area (Å²) in [4.78, 5) is 39.1. The Morgan fingerprint density at radius 2 is 1.75 bits per heavy atom. The van der Waals surface area contributed by atoms with Crippen molar-refractivity contribution in [1.29, 1.82) is 0 Å². The predicted molar refractivity (Wildman–Crippen MR) is 131 cm³/mol. The first-order valence-electron chi connectivity index (χ1n) is 12.9. The largest absolute Gasteiger partial charge is 0.461 e. The smallest absolute Gasteiger partial charge is 0.334 e. The van der Waals surface area contributed by atoms with Crippen molar-refractivity contribution in [2.75, 3.05) is 7.11 Å². The van der Waals surface area contributed by atoms with Crippen molar-refractivity contribution in [3.05, 3.63) is 23.3 Å². The number of aliphatic hydroxyl groups excluding tert-OH is 1. The van der Waals surface area contributed by atoms with E-state index < -0.39 is 53.5 Å². The number of aliphatic hydroxyl groups is 1. The van der Waals surface area contributed by atoms with Gasteiger partial charge in [-0.05, 0) is 50.2 Å². The molecule has 4 rings (SSSR count). The first kappa shape index (κ1) is 27.0. The molecular weight excluding hydrogens is 464 g/mol. The molecule has 10 atom stereocenters. The van der Waals surface area contributed by atoms with Gasteiger partial charge in [0.05, 0.1) is 12.0 Å². The van der Waals surface area contributed by atoms with E-state index >= 15 is 0 Å². The van der Waals surface area contributed by atoms with Gasteiger partial charge in [-0.1, -0.05) is 33.8 Å². The highest BCUT2D eigenvalue weighted by molar-refractivity contribution is 5.96. The van der Waals surface area contributed by atoms with E-state index in [1.54, 1.807) is 40.0 Å². The third-order valence-electron chi connectivity index (χ3n) is 9.28. The lowest BCUT2D eigenvalue weighted by atomic mass is 9.80. The van der Waals surface area contributed by atoms with Crippen LogP contribution in [0.3, 0.4) is 0 Å². The molecule has 0 radical (unpaired) electrons. The van der Waals surface area contributed by atoms with E-state index in [0.29, 0.717) is 17.6 Å². The second-order valence-corrected chi connectivity index (χ2v) is 11.8. The van der Waals surface area contributed by atoms with Crippen LogP contribution in [-0.4, -0.2) is 65.6 Å². The van der Waals surface area contributed by atoms with Crippen LogP contribution in [0.15, 0.2) is 23.3 Å². The molecule has 36 heavy (non-hydrogen) atoms. The van der Waals surface area contributed by atoms with Gasteiger partial charge in [0.25, 0.3) is 0 Å². The van der Waals surface area contributed by atoms with Crippen LogP contribution < -0.4 is 0 Å². The highest BCUT2D eigenvalue weighted by atomic mass is 16.7. The molecule has 0 unspecified atom stereocenters. The number of ether oxygens (including phenoxy) is 4. The van der Waals surface area contributed by atoms with Crippen LogP contribution in [0, 0.1) is 29.1 Å². The van der Waals surface area contributed by atoms with Crippen molar-refractivity contribution >= 4 is 17.7 Å². The average molecular weight is 505 g/mol. The molecule has 0 bridgehead atoms. The summed E-state index contributed by atoms with van der Waals surface area (Å²) in [5, 5.41) is 11.2. The Kier molecular flexibility index (Phi) is 6.59. The molecule has 2 saturated carbocycles. The number of fused-ring (bicyclic) bond motifs is 1. The number of carbonyl (C=O) groups is 3. The highest BCUT2D eigenvalue weighted by Gasteiger charge is 2.82. The Hall–Kier alpha value is -2.03. The summed E-state index contributed by atoms with van der Waals surface area (Å²) in [6.07, 6.45) is 0.867. The number of methoxy groups -OCH3 is 1. The number of allylic oxidation sites excluding steroid dienone is 1. The number of rotatable bonds is 4. The van der Waals surface area contributed by atoms with Crippen molar-refractivity contribution in [3.63, 3.8) is 0 Å². The van der Waals surface area contributed by atoms with Gasteiger partial charge in [-0.2, -0.15) is 0 Å². The van der Waals surface area contributed by atoms with E-state index in [1.807, 2.05) is 13.8 Å². The lowest BCUT2D eigenvalue weighted by molar-refractivity contribution is -0.154. The summed E-state index contributed by atoms with van der Waals surface area (Å²) in [6, 6.07) is 0. The number of ketones is 1. The van der Waals surface area contributed by atoms with E-state index in [0.717, 1.165) is 0 Å². The standard InChI is InChI=1S/C28H40O8/c1-10-13(2)25(32)35-20-14(3)11-27-23(30)15(4)12-28(27,36-27)24(31)16(5)21(34-17(6)29)18-19(22(20)33-9)26(18,7)8/h10-11,15-16,18-23,30H,12H2,1-9H3/b13-10-,14-11+/t15-,16+,18-,19+,20+,21-,22-,23-,27-,28-/m0/s1. The maximum atomic E-state index is 14.0. The summed E-state index contributed by atoms with van der Waals surface area (Å²) in [7, 11) is 1.57. The molecule has 200 valence electrons. The Labute approximate surface area is 213 Å². The molecule has 1 aliphatic heterocycles. The van der Waals surface area contributed by atoms with Crippen LogP contribution in [-0.2, 0) is 33.3 Å². The van der Waals surface area contributed by atoms with Crippen LogP contribution in [0.1, 0.15) is 61.8 Å². The summed E-state index contributed by atoms with van der Waals surface area (Å²) < 4.78 is 24.0. The highest BCUT2D eigenvalue weighted by Crippen LogP contribution is 2.68. The summed E-state index contributed by atoms with van der Waals surface area (Å²) in [5.74, 6) is -2.29. The van der Waals surface area contributed by atoms with Crippen molar-refractivity contribution in [1.82, 2.24) is 0 Å². The molecule has 0 amide bonds. The molecule has 1 saturated heterocycles. The van der Waals surface area contributed by atoms with Crippen LogP contribution in [0.5, 0.6) is 0 Å². The lowest BCUT2D eigenvalue weighted by Crippen LogP contribution is -2.43. The van der Waals surface area contributed by atoms with Gasteiger partial charge >= 0.3 is 11.9 Å². The number of esters is 2. The first-order chi connectivity index (χ1) is 16.7. The van der Waals surface area contributed by atoms with E-state index in [2.05, 4.69) is 13.8 Å². The molecule has 0 aromatic rings. The van der Waals surface area contributed by atoms with Crippen molar-refractivity contribution in [3.8, 4) is 0 Å². The van der Waals surface area contributed by atoms with Crippen molar-refractivity contribution in [2.24, 2.45) is 29.1 Å². The van der Waals surface area contributed by atoms with Gasteiger partial charge in [0.15, 0.2) is 17.0 Å². The maximum absolute atomic E-state index is 14.0. The maximum Gasteiger partial charge on any atom is 0.334 e. The Morgan fingerprint density at radius 3 is 2.31 bits per heavy atom. The van der Waals surface area contributed by atoms with Gasteiger partial charge < -0.3 is 24.1 Å². The molecule has 3 fully saturated rings. The summed E-state index contributed by atoms with van der Waals surface area (Å²) in [5.41, 5.74) is -1.66. The minimum Gasteiger partial charge on any atom is -0.461 e. The molecule has 8 heteroatoms. The van der Waals surface area contributed by atoms with Gasteiger partial charge in [-0.3, -0.25) is 9.59 Å². The second kappa shape index (κ2) is 8.77. The fourth-order valence-corrected chi connectivity index (χ4v) is 7.12. The van der Waals surface area contributed by atoms with Crippen molar-refractivity contribution in [2.45, 2.75) is 97.4 Å². The van der Waals surface area contributed by atoms with Gasteiger partial charge in [0, 0.05) is 31.4 Å². The Morgan fingerprint density at radius 1 is 1.14 bits per heavy atom. The minimum atomic E-state index is -1.22. The molecule has 3 aliphatic carbocycles.